The molecule has 5 nitrogen and oxygen atoms in total. The van der Waals surface area contributed by atoms with Crippen molar-refractivity contribution in [2.75, 3.05) is 12.3 Å². The van der Waals surface area contributed by atoms with E-state index in [2.05, 4.69) is 4.98 Å². The normalized spacial score (nSPS) is 10.6. The lowest BCUT2D eigenvalue weighted by Crippen LogP contribution is -2.04. The Bertz CT molecular complexity index is 649. The minimum absolute atomic E-state index is 0.127. The maximum absolute atomic E-state index is 11.8. The van der Waals surface area contributed by atoms with Crippen molar-refractivity contribution in [1.29, 1.82) is 0 Å². The van der Waals surface area contributed by atoms with E-state index in [0.29, 0.717) is 28.6 Å². The molecule has 1 aromatic carbocycles. The van der Waals surface area contributed by atoms with Gasteiger partial charge >= 0.3 is 0 Å². The van der Waals surface area contributed by atoms with Crippen LogP contribution in [-0.4, -0.2) is 23.2 Å². The van der Waals surface area contributed by atoms with Crippen molar-refractivity contribution < 1.29 is 14.3 Å². The summed E-state index contributed by atoms with van der Waals surface area (Å²) in [6.45, 7) is 3.81. The van der Waals surface area contributed by atoms with E-state index in [1.807, 2.05) is 6.92 Å². The predicted molar refractivity (Wildman–Crippen MR) is 74.8 cm³/mol. The molecule has 0 aliphatic rings. The Morgan fingerprint density at radius 3 is 2.79 bits per heavy atom. The molecule has 0 bridgehead atoms. The van der Waals surface area contributed by atoms with Crippen LogP contribution in [0.15, 0.2) is 12.1 Å². The standard InChI is InChI=1S/C13H14N2O3S/c1-3-18-8-5-9(14)12-11(6-8)19-13(15-12)10(17)4-7(2)16/h5-6H,3-4,14H2,1-2H3. The number of carbonyl (C=O) groups is 2. The first-order valence-corrected chi connectivity index (χ1v) is 6.68. The van der Waals surface area contributed by atoms with Crippen LogP contribution >= 0.6 is 11.3 Å². The molecule has 0 aliphatic carbocycles. The lowest BCUT2D eigenvalue weighted by atomic mass is 10.2. The molecular weight excluding hydrogens is 264 g/mol. The topological polar surface area (TPSA) is 82.3 Å². The number of benzene rings is 1. The van der Waals surface area contributed by atoms with Crippen molar-refractivity contribution >= 4 is 38.8 Å². The van der Waals surface area contributed by atoms with Crippen LogP contribution in [0.5, 0.6) is 5.75 Å². The Balaban J connectivity index is 2.42. The fourth-order valence-electron chi connectivity index (χ4n) is 1.70. The van der Waals surface area contributed by atoms with Gasteiger partial charge in [-0.15, -0.1) is 11.3 Å². The van der Waals surface area contributed by atoms with Crippen LogP contribution in [0.25, 0.3) is 10.2 Å². The monoisotopic (exact) mass is 278 g/mol. The Morgan fingerprint density at radius 1 is 1.42 bits per heavy atom. The number of hydrogen-bond donors (Lipinski definition) is 1. The molecule has 0 atom stereocenters. The minimum atomic E-state index is -0.272. The van der Waals surface area contributed by atoms with Gasteiger partial charge in [0.1, 0.15) is 17.0 Å². The van der Waals surface area contributed by atoms with Gasteiger partial charge in [0.25, 0.3) is 0 Å². The second-order valence-corrected chi connectivity index (χ2v) is 5.14. The van der Waals surface area contributed by atoms with Crippen molar-refractivity contribution in [2.24, 2.45) is 0 Å². The van der Waals surface area contributed by atoms with E-state index in [-0.39, 0.29) is 18.0 Å². The predicted octanol–water partition coefficient (Wildman–Crippen LogP) is 2.44. The van der Waals surface area contributed by atoms with E-state index in [9.17, 15) is 9.59 Å². The van der Waals surface area contributed by atoms with Crippen molar-refractivity contribution in [1.82, 2.24) is 4.98 Å². The van der Waals surface area contributed by atoms with Crippen LogP contribution in [0.1, 0.15) is 30.1 Å². The van der Waals surface area contributed by atoms with Crippen LogP contribution in [0.3, 0.4) is 0 Å². The highest BCUT2D eigenvalue weighted by Gasteiger charge is 2.16. The minimum Gasteiger partial charge on any atom is -0.494 e. The summed E-state index contributed by atoms with van der Waals surface area (Å²) < 4.78 is 6.18. The first kappa shape index (κ1) is 13.5. The van der Waals surface area contributed by atoms with E-state index >= 15 is 0 Å². The summed E-state index contributed by atoms with van der Waals surface area (Å²) in [4.78, 5) is 27.0. The van der Waals surface area contributed by atoms with E-state index in [1.165, 1.54) is 18.3 Å². The third-order valence-electron chi connectivity index (χ3n) is 2.46. The Labute approximate surface area is 114 Å². The number of fused-ring (bicyclic) bond motifs is 1. The number of ketones is 2. The van der Waals surface area contributed by atoms with Gasteiger partial charge in [0, 0.05) is 6.07 Å². The molecule has 6 heteroatoms. The quantitative estimate of drug-likeness (QED) is 0.516. The largest absolute Gasteiger partial charge is 0.494 e. The molecule has 0 unspecified atom stereocenters. The second kappa shape index (κ2) is 5.36. The number of ether oxygens (including phenoxy) is 1. The summed E-state index contributed by atoms with van der Waals surface area (Å²) in [5.74, 6) is 0.208. The number of rotatable bonds is 5. The molecule has 19 heavy (non-hydrogen) atoms. The van der Waals surface area contributed by atoms with Crippen LogP contribution in [0, 0.1) is 0 Å². The molecule has 2 aromatic rings. The van der Waals surface area contributed by atoms with Gasteiger partial charge in [-0.3, -0.25) is 9.59 Å². The number of thiazole rings is 1. The summed E-state index contributed by atoms with van der Waals surface area (Å²) in [6, 6.07) is 3.49. The first-order valence-electron chi connectivity index (χ1n) is 5.86. The highest BCUT2D eigenvalue weighted by atomic mass is 32.1. The van der Waals surface area contributed by atoms with Gasteiger partial charge in [-0.1, -0.05) is 0 Å². The number of aromatic nitrogens is 1. The van der Waals surface area contributed by atoms with Crippen molar-refractivity contribution in [3.63, 3.8) is 0 Å². The summed E-state index contributed by atoms with van der Waals surface area (Å²) in [5.41, 5.74) is 6.94. The van der Waals surface area contributed by atoms with E-state index < -0.39 is 0 Å². The summed E-state index contributed by atoms with van der Waals surface area (Å²) in [6.07, 6.45) is -0.127. The van der Waals surface area contributed by atoms with Crippen LogP contribution in [-0.2, 0) is 4.79 Å². The smallest absolute Gasteiger partial charge is 0.198 e. The van der Waals surface area contributed by atoms with Gasteiger partial charge < -0.3 is 10.5 Å². The average molecular weight is 278 g/mol. The van der Waals surface area contributed by atoms with Crippen LogP contribution in [0.2, 0.25) is 0 Å². The van der Waals surface area contributed by atoms with Gasteiger partial charge in [0.15, 0.2) is 10.8 Å². The maximum Gasteiger partial charge on any atom is 0.198 e. The molecule has 1 aromatic heterocycles. The van der Waals surface area contributed by atoms with E-state index in [1.54, 1.807) is 12.1 Å². The van der Waals surface area contributed by atoms with E-state index in [4.69, 9.17) is 10.5 Å². The molecule has 2 rings (SSSR count). The zero-order valence-electron chi connectivity index (χ0n) is 10.7. The van der Waals surface area contributed by atoms with Gasteiger partial charge in [0.2, 0.25) is 0 Å². The van der Waals surface area contributed by atoms with E-state index in [0.717, 1.165) is 4.70 Å². The molecule has 0 radical (unpaired) electrons. The molecular formula is C13H14N2O3S. The summed E-state index contributed by atoms with van der Waals surface area (Å²) in [5, 5.41) is 0.311. The number of nitrogens with two attached hydrogens (primary N) is 1. The maximum atomic E-state index is 11.8. The van der Waals surface area contributed by atoms with Crippen molar-refractivity contribution in [3.05, 3.63) is 17.1 Å². The number of anilines is 1. The zero-order valence-corrected chi connectivity index (χ0v) is 11.5. The highest BCUT2D eigenvalue weighted by molar-refractivity contribution is 7.20. The molecule has 0 fully saturated rings. The third-order valence-corrected chi connectivity index (χ3v) is 3.50. The lowest BCUT2D eigenvalue weighted by molar-refractivity contribution is -0.116. The molecule has 0 aliphatic heterocycles. The SMILES string of the molecule is CCOc1cc(N)c2nc(C(=O)CC(C)=O)sc2c1. The third kappa shape index (κ3) is 2.90. The molecule has 1 heterocycles. The van der Waals surface area contributed by atoms with Crippen LogP contribution in [0.4, 0.5) is 5.69 Å². The van der Waals surface area contributed by atoms with Crippen molar-refractivity contribution in [2.45, 2.75) is 20.3 Å². The molecule has 0 amide bonds. The Kier molecular flexibility index (Phi) is 3.80. The van der Waals surface area contributed by atoms with Crippen molar-refractivity contribution in [3.8, 4) is 5.75 Å². The Hall–Kier alpha value is -1.95. The van der Waals surface area contributed by atoms with Crippen LogP contribution < -0.4 is 10.5 Å². The fourth-order valence-corrected chi connectivity index (χ4v) is 2.67. The number of Topliss-reactive ketones (excluding diaryl/α,β-unsaturated/α-hetero) is 2. The highest BCUT2D eigenvalue weighted by Crippen LogP contribution is 2.31. The van der Waals surface area contributed by atoms with Gasteiger partial charge in [0.05, 0.1) is 23.4 Å². The number of nitrogens with zero attached hydrogens (tertiary/aromatic N) is 1. The molecule has 2 N–H and O–H groups in total. The van der Waals surface area contributed by atoms with Gasteiger partial charge in [-0.2, -0.15) is 0 Å². The number of nitrogen functional groups attached to an aromatic ring is 1. The molecule has 0 saturated carbocycles. The average Bonchev–Trinajstić information content (AvgIpc) is 2.73. The molecule has 0 saturated heterocycles. The second-order valence-electron chi connectivity index (χ2n) is 4.11. The first-order chi connectivity index (χ1) is 9.01. The molecule has 100 valence electrons. The number of carbonyl (C=O) groups excluding carboxylic acids is 2. The Morgan fingerprint density at radius 2 is 2.16 bits per heavy atom. The molecule has 0 spiro atoms. The zero-order chi connectivity index (χ0) is 14.0. The lowest BCUT2D eigenvalue weighted by Gasteiger charge is -2.03. The fraction of sp³-hybridized carbons (Fsp3) is 0.308. The van der Waals surface area contributed by atoms with Gasteiger partial charge in [-0.25, -0.2) is 4.98 Å². The summed E-state index contributed by atoms with van der Waals surface area (Å²) in [7, 11) is 0. The number of hydrogen-bond acceptors (Lipinski definition) is 6. The van der Waals surface area contributed by atoms with Gasteiger partial charge in [-0.05, 0) is 19.9 Å². The summed E-state index contributed by atoms with van der Waals surface area (Å²) >= 11 is 1.23.